The number of alkyl halides is 3. The Labute approximate surface area is 165 Å². The van der Waals surface area contributed by atoms with Crippen LogP contribution in [0.1, 0.15) is 12.5 Å². The average molecular weight is 414 g/mol. The van der Waals surface area contributed by atoms with Gasteiger partial charge in [-0.2, -0.15) is 0 Å². The summed E-state index contributed by atoms with van der Waals surface area (Å²) in [5, 5.41) is 2.50. The van der Waals surface area contributed by atoms with Gasteiger partial charge in [0, 0.05) is 11.8 Å². The van der Waals surface area contributed by atoms with E-state index in [9.17, 15) is 9.59 Å². The van der Waals surface area contributed by atoms with Crippen LogP contribution in [0.4, 0.5) is 11.4 Å². The molecule has 136 valence electrons. The molecule has 1 aliphatic heterocycles. The van der Waals surface area contributed by atoms with Crippen LogP contribution < -0.4 is 15.0 Å². The maximum absolute atomic E-state index is 12.6. The monoisotopic (exact) mass is 412 g/mol. The van der Waals surface area contributed by atoms with Gasteiger partial charge in [0.2, 0.25) is 0 Å². The van der Waals surface area contributed by atoms with E-state index in [4.69, 9.17) is 39.5 Å². The summed E-state index contributed by atoms with van der Waals surface area (Å²) in [7, 11) is 0. The Bertz CT molecular complexity index is 837. The number of carbonyl (C=O) groups excluding carboxylic acids is 2. The third-order valence-corrected chi connectivity index (χ3v) is 4.38. The van der Waals surface area contributed by atoms with Crippen molar-refractivity contribution in [1.29, 1.82) is 0 Å². The van der Waals surface area contributed by atoms with Crippen molar-refractivity contribution < 1.29 is 14.3 Å². The largest absolute Gasteiger partial charge is 0.479 e. The van der Waals surface area contributed by atoms with Crippen LogP contribution in [-0.2, 0) is 16.1 Å². The van der Waals surface area contributed by atoms with Gasteiger partial charge in [-0.1, -0.05) is 65.1 Å². The van der Waals surface area contributed by atoms with Crippen LogP contribution in [0.2, 0.25) is 0 Å². The van der Waals surface area contributed by atoms with Gasteiger partial charge in [-0.25, -0.2) is 0 Å². The molecule has 1 unspecified atom stereocenters. The number of amides is 2. The SMILES string of the molecule is CC1Oc2cc(NC(=O)C(Cl)(Cl)Cl)ccc2N(Cc2ccccc2)C1=O. The molecule has 5 nitrogen and oxygen atoms in total. The molecule has 0 saturated carbocycles. The van der Waals surface area contributed by atoms with Crippen molar-refractivity contribution in [3.8, 4) is 5.75 Å². The number of nitrogens with one attached hydrogen (secondary N) is 1. The molecule has 2 amide bonds. The number of anilines is 2. The summed E-state index contributed by atoms with van der Waals surface area (Å²) in [5.41, 5.74) is 2.01. The van der Waals surface area contributed by atoms with Crippen LogP contribution in [0, 0.1) is 0 Å². The average Bonchev–Trinajstić information content (AvgIpc) is 2.59. The number of benzene rings is 2. The maximum Gasteiger partial charge on any atom is 0.276 e. The Morgan fingerprint density at radius 2 is 1.88 bits per heavy atom. The first kappa shape index (κ1) is 18.8. The summed E-state index contributed by atoms with van der Waals surface area (Å²) >= 11 is 16.7. The number of halogens is 3. The quantitative estimate of drug-likeness (QED) is 0.763. The lowest BCUT2D eigenvalue weighted by Gasteiger charge is -2.33. The topological polar surface area (TPSA) is 58.6 Å². The van der Waals surface area contributed by atoms with Crippen molar-refractivity contribution in [2.24, 2.45) is 0 Å². The third kappa shape index (κ3) is 4.06. The van der Waals surface area contributed by atoms with E-state index in [-0.39, 0.29) is 5.91 Å². The zero-order valence-corrected chi connectivity index (χ0v) is 16.0. The highest BCUT2D eigenvalue weighted by Gasteiger charge is 2.33. The summed E-state index contributed by atoms with van der Waals surface area (Å²) in [6.07, 6.45) is -0.648. The predicted molar refractivity (Wildman–Crippen MR) is 103 cm³/mol. The fourth-order valence-corrected chi connectivity index (χ4v) is 2.76. The standard InChI is InChI=1S/C18H15Cl3N2O3/c1-11-16(24)23(10-12-5-3-2-4-6-12)14-8-7-13(9-15(14)26-11)22-17(25)18(19,20)21/h2-9,11H,10H2,1H3,(H,22,25). The second-order valence-electron chi connectivity index (χ2n) is 5.80. The first-order valence-corrected chi connectivity index (χ1v) is 8.93. The number of nitrogens with zero attached hydrogens (tertiary/aromatic N) is 1. The lowest BCUT2D eigenvalue weighted by Crippen LogP contribution is -2.44. The van der Waals surface area contributed by atoms with E-state index in [1.807, 2.05) is 30.3 Å². The molecular formula is C18H15Cl3N2O3. The summed E-state index contributed by atoms with van der Waals surface area (Å²) in [4.78, 5) is 26.0. The first-order valence-electron chi connectivity index (χ1n) is 7.80. The molecule has 2 aromatic rings. The fraction of sp³-hybridized carbons (Fsp3) is 0.222. The molecule has 0 bridgehead atoms. The van der Waals surface area contributed by atoms with E-state index < -0.39 is 15.8 Å². The minimum Gasteiger partial charge on any atom is -0.479 e. The molecule has 1 N–H and O–H groups in total. The Morgan fingerprint density at radius 3 is 2.54 bits per heavy atom. The van der Waals surface area contributed by atoms with Gasteiger partial charge < -0.3 is 15.0 Å². The van der Waals surface area contributed by atoms with Crippen molar-refractivity contribution in [1.82, 2.24) is 0 Å². The second kappa shape index (κ2) is 7.35. The molecule has 0 saturated heterocycles. The molecule has 0 aromatic heterocycles. The molecule has 26 heavy (non-hydrogen) atoms. The minimum atomic E-state index is -2.07. The molecule has 1 atom stereocenters. The smallest absolute Gasteiger partial charge is 0.276 e. The Hall–Kier alpha value is -1.95. The van der Waals surface area contributed by atoms with Crippen LogP contribution in [0.15, 0.2) is 48.5 Å². The molecule has 0 aliphatic carbocycles. The van der Waals surface area contributed by atoms with Crippen molar-refractivity contribution >= 4 is 58.0 Å². The van der Waals surface area contributed by atoms with Crippen LogP contribution in [-0.4, -0.2) is 21.7 Å². The van der Waals surface area contributed by atoms with Gasteiger partial charge in [-0.15, -0.1) is 0 Å². The minimum absolute atomic E-state index is 0.139. The third-order valence-electron chi connectivity index (χ3n) is 3.87. The molecule has 1 heterocycles. The van der Waals surface area contributed by atoms with Crippen molar-refractivity contribution in [2.75, 3.05) is 10.2 Å². The zero-order valence-electron chi connectivity index (χ0n) is 13.7. The zero-order chi connectivity index (χ0) is 18.9. The highest BCUT2D eigenvalue weighted by Crippen LogP contribution is 2.38. The number of fused-ring (bicyclic) bond motifs is 1. The molecule has 0 radical (unpaired) electrons. The van der Waals surface area contributed by atoms with E-state index in [0.717, 1.165) is 5.56 Å². The molecule has 1 aliphatic rings. The van der Waals surface area contributed by atoms with E-state index >= 15 is 0 Å². The van der Waals surface area contributed by atoms with Gasteiger partial charge >= 0.3 is 0 Å². The number of hydrogen-bond acceptors (Lipinski definition) is 3. The van der Waals surface area contributed by atoms with Crippen LogP contribution >= 0.6 is 34.8 Å². The number of rotatable bonds is 3. The molecular weight excluding hydrogens is 399 g/mol. The van der Waals surface area contributed by atoms with E-state index in [2.05, 4.69) is 5.32 Å². The normalized spacial score (nSPS) is 16.7. The fourth-order valence-electron chi connectivity index (χ4n) is 2.62. The molecule has 0 fully saturated rings. The van der Waals surface area contributed by atoms with E-state index in [1.54, 1.807) is 30.0 Å². The van der Waals surface area contributed by atoms with E-state index in [0.29, 0.717) is 23.7 Å². The van der Waals surface area contributed by atoms with Gasteiger partial charge in [-0.3, -0.25) is 9.59 Å². The summed E-state index contributed by atoms with van der Waals surface area (Å²) < 4.78 is 3.61. The molecule has 0 spiro atoms. The Kier molecular flexibility index (Phi) is 5.32. The summed E-state index contributed by atoms with van der Waals surface area (Å²) in [6, 6.07) is 14.6. The van der Waals surface area contributed by atoms with Gasteiger partial charge in [0.15, 0.2) is 6.10 Å². The second-order valence-corrected chi connectivity index (χ2v) is 8.09. The molecule has 3 rings (SSSR count). The summed E-state index contributed by atoms with van der Waals surface area (Å²) in [6.45, 7) is 2.09. The predicted octanol–water partition coefficient (Wildman–Crippen LogP) is 4.31. The van der Waals surface area contributed by atoms with Gasteiger partial charge in [0.05, 0.1) is 12.2 Å². The first-order chi connectivity index (χ1) is 12.3. The van der Waals surface area contributed by atoms with Crippen LogP contribution in [0.25, 0.3) is 0 Å². The molecule has 2 aromatic carbocycles. The van der Waals surface area contributed by atoms with Crippen molar-refractivity contribution in [2.45, 2.75) is 23.4 Å². The Morgan fingerprint density at radius 1 is 1.19 bits per heavy atom. The van der Waals surface area contributed by atoms with Crippen LogP contribution in [0.3, 0.4) is 0 Å². The van der Waals surface area contributed by atoms with Crippen molar-refractivity contribution in [3.05, 3.63) is 54.1 Å². The molecule has 8 heteroatoms. The number of carbonyl (C=O) groups is 2. The van der Waals surface area contributed by atoms with Crippen molar-refractivity contribution in [3.63, 3.8) is 0 Å². The Balaban J connectivity index is 1.89. The maximum atomic E-state index is 12.6. The van der Waals surface area contributed by atoms with Gasteiger partial charge in [0.25, 0.3) is 15.6 Å². The highest BCUT2D eigenvalue weighted by molar-refractivity contribution is 6.76. The lowest BCUT2D eigenvalue weighted by molar-refractivity contribution is -0.125. The lowest BCUT2D eigenvalue weighted by atomic mass is 10.1. The highest BCUT2D eigenvalue weighted by atomic mass is 35.6. The summed E-state index contributed by atoms with van der Waals surface area (Å²) in [5.74, 6) is -0.446. The van der Waals surface area contributed by atoms with Gasteiger partial charge in [0.1, 0.15) is 5.75 Å². The number of ether oxygens (including phenoxy) is 1. The van der Waals surface area contributed by atoms with Crippen LogP contribution in [0.5, 0.6) is 5.75 Å². The number of hydrogen-bond donors (Lipinski definition) is 1. The van der Waals surface area contributed by atoms with E-state index in [1.165, 1.54) is 0 Å². The van der Waals surface area contributed by atoms with Gasteiger partial charge in [-0.05, 0) is 24.6 Å².